The first-order valence-electron chi connectivity index (χ1n) is 5.12. The third-order valence-corrected chi connectivity index (χ3v) is 1.62. The topological polar surface area (TPSA) is 115 Å². The molecule has 0 spiro atoms. The van der Waals surface area contributed by atoms with Crippen molar-refractivity contribution in [1.29, 1.82) is 0 Å². The third kappa shape index (κ3) is 15.3. The summed E-state index contributed by atoms with van der Waals surface area (Å²) >= 11 is 0. The third-order valence-electron chi connectivity index (χ3n) is 1.62. The van der Waals surface area contributed by atoms with E-state index in [0.29, 0.717) is 19.3 Å². The van der Waals surface area contributed by atoms with Crippen molar-refractivity contribution in [2.75, 3.05) is 0 Å². The van der Waals surface area contributed by atoms with Gasteiger partial charge in [-0.3, -0.25) is 4.79 Å². The van der Waals surface area contributed by atoms with Crippen LogP contribution in [0.25, 0.3) is 0 Å². The monoisotopic (exact) mass is 236 g/mol. The quantitative estimate of drug-likeness (QED) is 0.532. The van der Waals surface area contributed by atoms with Gasteiger partial charge in [0.2, 0.25) is 0 Å². The van der Waals surface area contributed by atoms with E-state index in [1.165, 1.54) is 0 Å². The van der Waals surface area contributed by atoms with Crippen molar-refractivity contribution in [2.24, 2.45) is 0 Å². The second-order valence-corrected chi connectivity index (χ2v) is 3.42. The minimum absolute atomic E-state index is 0.0532. The van der Waals surface area contributed by atoms with Gasteiger partial charge in [-0.25, -0.2) is 4.79 Å². The molecule has 2 atom stereocenters. The Balaban J connectivity index is 0. The number of aliphatic hydroxyl groups excluding tert-OH is 2. The summed E-state index contributed by atoms with van der Waals surface area (Å²) in [6.07, 6.45) is -0.221. The fourth-order valence-corrected chi connectivity index (χ4v) is 0.729. The number of aliphatic hydroxyl groups is 2. The maximum atomic E-state index is 9.84. The molecule has 0 aliphatic rings. The number of hydrogen-bond donors (Lipinski definition) is 4. The SMILES string of the molecule is CC(O)CCC(=O)O.CCCC(O)C(=O)O. The summed E-state index contributed by atoms with van der Waals surface area (Å²) in [6.45, 7) is 3.40. The van der Waals surface area contributed by atoms with Crippen LogP contribution in [0, 0.1) is 0 Å². The van der Waals surface area contributed by atoms with Crippen molar-refractivity contribution >= 4 is 11.9 Å². The summed E-state index contributed by atoms with van der Waals surface area (Å²) in [5.41, 5.74) is 0. The van der Waals surface area contributed by atoms with E-state index in [1.54, 1.807) is 6.92 Å². The number of carboxylic acid groups (broad SMARTS) is 2. The van der Waals surface area contributed by atoms with Gasteiger partial charge in [0.1, 0.15) is 0 Å². The van der Waals surface area contributed by atoms with Crippen LogP contribution in [-0.4, -0.2) is 44.6 Å². The lowest BCUT2D eigenvalue weighted by molar-refractivity contribution is -0.147. The molecule has 0 fully saturated rings. The number of hydrogen-bond acceptors (Lipinski definition) is 4. The molecule has 0 aliphatic heterocycles. The minimum Gasteiger partial charge on any atom is -0.481 e. The Bertz CT molecular complexity index is 201. The van der Waals surface area contributed by atoms with Gasteiger partial charge < -0.3 is 20.4 Å². The summed E-state index contributed by atoms with van der Waals surface area (Å²) < 4.78 is 0. The molecule has 2 unspecified atom stereocenters. The molecule has 0 aliphatic carbocycles. The number of carboxylic acids is 2. The molecule has 0 bridgehead atoms. The van der Waals surface area contributed by atoms with Crippen LogP contribution >= 0.6 is 0 Å². The summed E-state index contributed by atoms with van der Waals surface area (Å²) in [5.74, 6) is -1.99. The number of carbonyl (C=O) groups is 2. The molecule has 0 aromatic carbocycles. The van der Waals surface area contributed by atoms with E-state index in [-0.39, 0.29) is 6.42 Å². The van der Waals surface area contributed by atoms with Gasteiger partial charge in [0, 0.05) is 6.42 Å². The highest BCUT2D eigenvalue weighted by atomic mass is 16.4. The lowest BCUT2D eigenvalue weighted by atomic mass is 10.2. The molecule has 0 heterocycles. The lowest BCUT2D eigenvalue weighted by Crippen LogP contribution is -2.18. The normalized spacial score (nSPS) is 13.2. The van der Waals surface area contributed by atoms with E-state index < -0.39 is 24.1 Å². The first-order chi connectivity index (χ1) is 7.31. The molecule has 0 saturated heterocycles. The van der Waals surface area contributed by atoms with Crippen molar-refractivity contribution in [2.45, 2.75) is 51.7 Å². The fourth-order valence-electron chi connectivity index (χ4n) is 0.729. The van der Waals surface area contributed by atoms with Crippen molar-refractivity contribution in [3.8, 4) is 0 Å². The molecule has 6 nitrogen and oxygen atoms in total. The summed E-state index contributed by atoms with van der Waals surface area (Å²) in [7, 11) is 0. The second kappa shape index (κ2) is 10.4. The zero-order chi connectivity index (χ0) is 13.1. The summed E-state index contributed by atoms with van der Waals surface area (Å²) in [4.78, 5) is 19.6. The molecule has 0 amide bonds. The van der Waals surface area contributed by atoms with Crippen LogP contribution in [-0.2, 0) is 9.59 Å². The Labute approximate surface area is 94.5 Å². The Kier molecular flexibility index (Phi) is 11.2. The fraction of sp³-hybridized carbons (Fsp3) is 0.800. The van der Waals surface area contributed by atoms with Crippen LogP contribution in [0.15, 0.2) is 0 Å². The van der Waals surface area contributed by atoms with E-state index in [9.17, 15) is 9.59 Å². The molecule has 0 saturated carbocycles. The van der Waals surface area contributed by atoms with Gasteiger partial charge in [-0.15, -0.1) is 0 Å². The summed E-state index contributed by atoms with van der Waals surface area (Å²) in [5, 5.41) is 33.2. The van der Waals surface area contributed by atoms with Crippen molar-refractivity contribution in [3.05, 3.63) is 0 Å². The van der Waals surface area contributed by atoms with Crippen LogP contribution in [0.2, 0.25) is 0 Å². The van der Waals surface area contributed by atoms with Gasteiger partial charge in [-0.2, -0.15) is 0 Å². The molecule has 96 valence electrons. The Hall–Kier alpha value is -1.14. The number of aliphatic carboxylic acids is 2. The molecule has 0 aromatic rings. The van der Waals surface area contributed by atoms with Gasteiger partial charge in [0.25, 0.3) is 0 Å². The standard InChI is InChI=1S/2C5H10O3/c1-4(6)2-3-5(7)8;1-2-3-4(6)5(7)8/h2*4,6H,2-3H2,1H3,(H,7,8). The van der Waals surface area contributed by atoms with Crippen molar-refractivity contribution in [1.82, 2.24) is 0 Å². The average Bonchev–Trinajstić information content (AvgIpc) is 2.16. The minimum atomic E-state index is -1.17. The van der Waals surface area contributed by atoms with E-state index in [1.807, 2.05) is 6.92 Å². The van der Waals surface area contributed by atoms with Crippen LogP contribution < -0.4 is 0 Å². The van der Waals surface area contributed by atoms with E-state index in [0.717, 1.165) is 0 Å². The second-order valence-electron chi connectivity index (χ2n) is 3.42. The first kappa shape index (κ1) is 17.3. The van der Waals surface area contributed by atoms with Gasteiger partial charge >= 0.3 is 11.9 Å². The number of rotatable bonds is 6. The molecular formula is C10H20O6. The predicted octanol–water partition coefficient (Wildman–Crippen LogP) is 0.464. The van der Waals surface area contributed by atoms with Crippen LogP contribution in [0.3, 0.4) is 0 Å². The highest BCUT2D eigenvalue weighted by molar-refractivity contribution is 5.71. The van der Waals surface area contributed by atoms with Crippen LogP contribution in [0.5, 0.6) is 0 Å². The van der Waals surface area contributed by atoms with E-state index in [4.69, 9.17) is 20.4 Å². The van der Waals surface area contributed by atoms with Gasteiger partial charge in [0.15, 0.2) is 6.10 Å². The van der Waals surface area contributed by atoms with Crippen LogP contribution in [0.4, 0.5) is 0 Å². The zero-order valence-electron chi connectivity index (χ0n) is 9.59. The highest BCUT2D eigenvalue weighted by Crippen LogP contribution is 1.94. The van der Waals surface area contributed by atoms with Crippen molar-refractivity contribution < 1.29 is 30.0 Å². The van der Waals surface area contributed by atoms with Crippen LogP contribution in [0.1, 0.15) is 39.5 Å². The smallest absolute Gasteiger partial charge is 0.332 e. The first-order valence-corrected chi connectivity index (χ1v) is 5.12. The Morgan fingerprint density at radius 2 is 1.62 bits per heavy atom. The average molecular weight is 236 g/mol. The molecule has 16 heavy (non-hydrogen) atoms. The largest absolute Gasteiger partial charge is 0.481 e. The zero-order valence-corrected chi connectivity index (χ0v) is 9.59. The molecule has 0 radical (unpaired) electrons. The van der Waals surface area contributed by atoms with Gasteiger partial charge in [0.05, 0.1) is 6.10 Å². The predicted molar refractivity (Wildman–Crippen MR) is 57.1 cm³/mol. The van der Waals surface area contributed by atoms with Crippen molar-refractivity contribution in [3.63, 3.8) is 0 Å². The highest BCUT2D eigenvalue weighted by Gasteiger charge is 2.09. The van der Waals surface area contributed by atoms with Gasteiger partial charge in [-0.05, 0) is 19.8 Å². The molecule has 6 heteroatoms. The summed E-state index contributed by atoms with van der Waals surface area (Å²) in [6, 6.07) is 0. The lowest BCUT2D eigenvalue weighted by Gasteiger charge is -1.99. The van der Waals surface area contributed by atoms with Gasteiger partial charge in [-0.1, -0.05) is 13.3 Å². The molecule has 4 N–H and O–H groups in total. The molecule has 0 aromatic heterocycles. The maximum Gasteiger partial charge on any atom is 0.332 e. The van der Waals surface area contributed by atoms with E-state index >= 15 is 0 Å². The molecule has 0 rings (SSSR count). The molecular weight excluding hydrogens is 216 g/mol. The Morgan fingerprint density at radius 1 is 1.12 bits per heavy atom. The van der Waals surface area contributed by atoms with E-state index in [2.05, 4.69) is 0 Å². The Morgan fingerprint density at radius 3 is 1.75 bits per heavy atom. The maximum absolute atomic E-state index is 9.84.